The van der Waals surface area contributed by atoms with Crippen molar-refractivity contribution in [2.75, 3.05) is 18.5 Å². The molecule has 1 fully saturated rings. The number of carbonyl (C=O) groups is 2. The van der Waals surface area contributed by atoms with Crippen molar-refractivity contribution in [2.45, 2.75) is 19.6 Å². The lowest BCUT2D eigenvalue weighted by Crippen LogP contribution is -2.38. The van der Waals surface area contributed by atoms with Crippen LogP contribution in [0.3, 0.4) is 0 Å². The van der Waals surface area contributed by atoms with Gasteiger partial charge in [-0.25, -0.2) is 14.8 Å². The minimum absolute atomic E-state index is 0.263. The molecule has 0 aliphatic carbocycles. The summed E-state index contributed by atoms with van der Waals surface area (Å²) in [4.78, 5) is 29.7. The van der Waals surface area contributed by atoms with Gasteiger partial charge in [-0.2, -0.15) is 10.1 Å². The summed E-state index contributed by atoms with van der Waals surface area (Å²) in [5.41, 5.74) is 0. The van der Waals surface area contributed by atoms with Crippen LogP contribution in [0.4, 0.5) is 10.7 Å². The van der Waals surface area contributed by atoms with E-state index in [9.17, 15) is 9.59 Å². The second-order valence-electron chi connectivity index (χ2n) is 3.64. The monoisotopic (exact) mass is 239 g/mol. The number of urea groups is 1. The molecule has 92 valence electrons. The van der Waals surface area contributed by atoms with Crippen LogP contribution in [0, 0.1) is 0 Å². The molecule has 8 nitrogen and oxygen atoms in total. The van der Waals surface area contributed by atoms with E-state index in [4.69, 9.17) is 4.74 Å². The highest BCUT2D eigenvalue weighted by atomic mass is 16.6. The maximum atomic E-state index is 11.9. The van der Waals surface area contributed by atoms with Crippen LogP contribution in [0.2, 0.25) is 0 Å². The molecule has 1 unspecified atom stereocenters. The second kappa shape index (κ2) is 4.40. The van der Waals surface area contributed by atoms with Crippen molar-refractivity contribution in [2.24, 2.45) is 0 Å². The molecule has 1 N–H and O–H groups in total. The van der Waals surface area contributed by atoms with Crippen LogP contribution in [0.1, 0.15) is 13.3 Å². The molecular weight excluding hydrogens is 226 g/mol. The first-order valence-corrected chi connectivity index (χ1v) is 5.22. The number of hydrogen-bond acceptors (Lipinski definition) is 5. The van der Waals surface area contributed by atoms with Gasteiger partial charge in [0.25, 0.3) is 0 Å². The summed E-state index contributed by atoms with van der Waals surface area (Å²) in [5, 5.41) is 6.25. The molecule has 1 aliphatic rings. The molecule has 2 amide bonds. The summed E-state index contributed by atoms with van der Waals surface area (Å²) < 4.78 is 5.17. The van der Waals surface area contributed by atoms with E-state index in [0.717, 1.165) is 0 Å². The van der Waals surface area contributed by atoms with Gasteiger partial charge in [-0.1, -0.05) is 6.92 Å². The third-order valence-corrected chi connectivity index (χ3v) is 2.44. The summed E-state index contributed by atoms with van der Waals surface area (Å²) in [6.45, 7) is 2.01. The zero-order valence-electron chi connectivity index (χ0n) is 9.58. The van der Waals surface area contributed by atoms with Crippen molar-refractivity contribution in [3.05, 3.63) is 6.33 Å². The smallest absolute Gasteiger partial charge is 0.329 e. The number of H-pyrrole nitrogens is 1. The van der Waals surface area contributed by atoms with Crippen LogP contribution in [0.15, 0.2) is 6.33 Å². The first-order valence-electron chi connectivity index (χ1n) is 5.22. The number of aromatic nitrogens is 3. The molecular formula is C9H13N5O3. The molecule has 0 radical (unpaired) electrons. The topological polar surface area (TPSA) is 91.4 Å². The van der Waals surface area contributed by atoms with E-state index in [2.05, 4.69) is 15.2 Å². The fraction of sp³-hybridized carbons (Fsp3) is 0.556. The molecule has 1 aliphatic heterocycles. The van der Waals surface area contributed by atoms with Crippen LogP contribution in [-0.2, 0) is 9.53 Å². The lowest BCUT2D eigenvalue weighted by molar-refractivity contribution is -0.147. The second-order valence-corrected chi connectivity index (χ2v) is 3.64. The van der Waals surface area contributed by atoms with Crippen molar-refractivity contribution in [1.82, 2.24) is 20.1 Å². The van der Waals surface area contributed by atoms with E-state index in [1.807, 2.05) is 0 Å². The molecule has 1 aromatic rings. The third kappa shape index (κ3) is 2.05. The number of hydrogen-bond donors (Lipinski definition) is 1. The van der Waals surface area contributed by atoms with Gasteiger partial charge in [0.1, 0.15) is 6.33 Å². The Labute approximate surface area is 97.6 Å². The first kappa shape index (κ1) is 11.4. The number of nitrogens with one attached hydrogen (secondary N) is 1. The van der Waals surface area contributed by atoms with Gasteiger partial charge < -0.3 is 9.64 Å². The third-order valence-electron chi connectivity index (χ3n) is 2.44. The van der Waals surface area contributed by atoms with Gasteiger partial charge in [0.15, 0.2) is 0 Å². The minimum Gasteiger partial charge on any atom is -0.439 e. The number of rotatable bonds is 3. The van der Waals surface area contributed by atoms with Gasteiger partial charge in [0, 0.05) is 13.5 Å². The highest BCUT2D eigenvalue weighted by Crippen LogP contribution is 2.20. The predicted octanol–water partition coefficient (Wildman–Crippen LogP) is -0.0442. The minimum atomic E-state index is -0.659. The van der Waals surface area contributed by atoms with Gasteiger partial charge in [0.05, 0.1) is 6.54 Å². The molecule has 2 heterocycles. The Kier molecular flexibility index (Phi) is 2.94. The van der Waals surface area contributed by atoms with Crippen molar-refractivity contribution in [1.29, 1.82) is 0 Å². The van der Waals surface area contributed by atoms with Crippen molar-refractivity contribution in [3.63, 3.8) is 0 Å². The van der Waals surface area contributed by atoms with Crippen LogP contribution in [0.25, 0.3) is 0 Å². The standard InChI is InChI=1S/C9H13N5O3/c1-3-7(15)17-6-4-13(2)9(16)14(6)8-10-5-11-12-8/h5-6H,3-4H2,1-2H3,(H,10,11,12). The number of ether oxygens (including phenoxy) is 1. The number of likely N-dealkylation sites (N-methyl/N-ethyl adjacent to an activating group) is 1. The Balaban J connectivity index is 2.19. The Bertz CT molecular complexity index is 418. The summed E-state index contributed by atoms with van der Waals surface area (Å²) >= 11 is 0. The highest BCUT2D eigenvalue weighted by Gasteiger charge is 2.40. The van der Waals surface area contributed by atoms with Gasteiger partial charge >= 0.3 is 12.0 Å². The predicted molar refractivity (Wildman–Crippen MR) is 57.1 cm³/mol. The molecule has 0 saturated carbocycles. The lowest BCUT2D eigenvalue weighted by Gasteiger charge is -2.19. The van der Waals surface area contributed by atoms with E-state index in [1.54, 1.807) is 14.0 Å². The number of amides is 2. The molecule has 0 aromatic carbocycles. The maximum absolute atomic E-state index is 11.9. The zero-order chi connectivity index (χ0) is 12.4. The number of carbonyl (C=O) groups excluding carboxylic acids is 2. The lowest BCUT2D eigenvalue weighted by atomic mass is 10.5. The Morgan fingerprint density at radius 1 is 1.71 bits per heavy atom. The summed E-state index contributed by atoms with van der Waals surface area (Å²) in [6.07, 6.45) is 0.895. The average molecular weight is 239 g/mol. The molecule has 1 atom stereocenters. The summed E-state index contributed by atoms with van der Waals surface area (Å²) in [7, 11) is 1.63. The average Bonchev–Trinajstić information content (AvgIpc) is 2.89. The highest BCUT2D eigenvalue weighted by molar-refractivity contribution is 5.93. The molecule has 1 aromatic heterocycles. The number of esters is 1. The van der Waals surface area contributed by atoms with Crippen LogP contribution in [0.5, 0.6) is 0 Å². The van der Waals surface area contributed by atoms with E-state index >= 15 is 0 Å². The van der Waals surface area contributed by atoms with Gasteiger partial charge in [-0.3, -0.25) is 4.79 Å². The fourth-order valence-electron chi connectivity index (χ4n) is 1.57. The number of aromatic amines is 1. The largest absolute Gasteiger partial charge is 0.439 e. The molecule has 0 spiro atoms. The van der Waals surface area contributed by atoms with E-state index < -0.39 is 6.23 Å². The van der Waals surface area contributed by atoms with Gasteiger partial charge in [-0.15, -0.1) is 0 Å². The van der Waals surface area contributed by atoms with E-state index in [-0.39, 0.29) is 24.4 Å². The Morgan fingerprint density at radius 3 is 3.06 bits per heavy atom. The Hall–Kier alpha value is -2.12. The number of nitrogens with zero attached hydrogens (tertiary/aromatic N) is 4. The zero-order valence-corrected chi connectivity index (χ0v) is 9.58. The van der Waals surface area contributed by atoms with Crippen molar-refractivity contribution >= 4 is 17.9 Å². The van der Waals surface area contributed by atoms with E-state index in [1.165, 1.54) is 16.1 Å². The first-order chi connectivity index (χ1) is 8.13. The summed E-state index contributed by atoms with van der Waals surface area (Å²) in [6, 6.07) is -0.282. The molecule has 2 rings (SSSR count). The molecule has 1 saturated heterocycles. The Morgan fingerprint density at radius 2 is 2.47 bits per heavy atom. The number of anilines is 1. The van der Waals surface area contributed by atoms with Gasteiger partial charge in [-0.05, 0) is 0 Å². The van der Waals surface area contributed by atoms with Crippen LogP contribution in [-0.4, -0.2) is 51.9 Å². The molecule has 8 heteroatoms. The summed E-state index contributed by atoms with van der Waals surface area (Å²) in [5.74, 6) is -0.0872. The fourth-order valence-corrected chi connectivity index (χ4v) is 1.57. The molecule has 17 heavy (non-hydrogen) atoms. The van der Waals surface area contributed by atoms with Crippen molar-refractivity contribution < 1.29 is 14.3 Å². The van der Waals surface area contributed by atoms with Crippen LogP contribution >= 0.6 is 0 Å². The van der Waals surface area contributed by atoms with Crippen molar-refractivity contribution in [3.8, 4) is 0 Å². The quantitative estimate of drug-likeness (QED) is 0.747. The molecule has 0 bridgehead atoms. The van der Waals surface area contributed by atoms with Gasteiger partial charge in [0.2, 0.25) is 12.2 Å². The normalized spacial score (nSPS) is 19.9. The maximum Gasteiger partial charge on any atom is 0.329 e. The van der Waals surface area contributed by atoms with E-state index in [0.29, 0.717) is 6.54 Å². The SMILES string of the molecule is CCC(=O)OC1CN(C)C(=O)N1c1ncn[nH]1. The van der Waals surface area contributed by atoms with Crippen LogP contribution < -0.4 is 4.90 Å².